The number of anilines is 1. The second-order valence-corrected chi connectivity index (χ2v) is 5.42. The van der Waals surface area contributed by atoms with Crippen molar-refractivity contribution in [2.24, 2.45) is 5.73 Å². The second kappa shape index (κ2) is 7.49. The van der Waals surface area contributed by atoms with Gasteiger partial charge in [0.15, 0.2) is 0 Å². The summed E-state index contributed by atoms with van der Waals surface area (Å²) < 4.78 is 9.92. The third kappa shape index (κ3) is 3.54. The highest BCUT2D eigenvalue weighted by Crippen LogP contribution is 2.36. The number of rotatable bonds is 4. The van der Waals surface area contributed by atoms with E-state index in [1.54, 1.807) is 25.4 Å². The number of methoxy groups -OCH3 is 1. The lowest BCUT2D eigenvalue weighted by Gasteiger charge is -2.03. The first-order valence-corrected chi connectivity index (χ1v) is 7.89. The van der Waals surface area contributed by atoms with Crippen molar-refractivity contribution in [3.63, 3.8) is 0 Å². The molecule has 1 aliphatic rings. The summed E-state index contributed by atoms with van der Waals surface area (Å²) in [6.07, 6.45) is 3.00. The average molecular weight is 351 g/mol. The number of benzene rings is 1. The van der Waals surface area contributed by atoms with Crippen LogP contribution in [-0.2, 0) is 9.53 Å². The molecular weight excluding hydrogens is 334 g/mol. The van der Waals surface area contributed by atoms with E-state index in [2.05, 4.69) is 26.9 Å². The van der Waals surface area contributed by atoms with E-state index in [0.29, 0.717) is 34.7 Å². The van der Waals surface area contributed by atoms with Crippen molar-refractivity contribution in [2.75, 3.05) is 19.0 Å². The molecule has 0 aliphatic carbocycles. The van der Waals surface area contributed by atoms with Crippen LogP contribution in [0.4, 0.5) is 10.5 Å². The van der Waals surface area contributed by atoms with Gasteiger partial charge in [0.2, 0.25) is 0 Å². The van der Waals surface area contributed by atoms with Gasteiger partial charge in [-0.3, -0.25) is 4.79 Å². The van der Waals surface area contributed by atoms with Gasteiger partial charge in [-0.2, -0.15) is 0 Å². The number of ether oxygens (including phenoxy) is 2. The third-order valence-corrected chi connectivity index (χ3v) is 3.77. The van der Waals surface area contributed by atoms with E-state index < -0.39 is 6.09 Å². The van der Waals surface area contributed by atoms with Crippen LogP contribution in [0.2, 0.25) is 0 Å². The molecule has 4 N–H and O–H groups in total. The molecule has 0 unspecified atom stereocenters. The van der Waals surface area contributed by atoms with Gasteiger partial charge in [0.1, 0.15) is 12.4 Å². The highest BCUT2D eigenvalue weighted by molar-refractivity contribution is 6.35. The molecule has 0 atom stereocenters. The van der Waals surface area contributed by atoms with Crippen LogP contribution in [0.5, 0.6) is 5.75 Å². The Kier molecular flexibility index (Phi) is 4.94. The molecule has 3 rings (SSSR count). The Morgan fingerprint density at radius 1 is 1.35 bits per heavy atom. The highest BCUT2D eigenvalue weighted by atomic mass is 16.5. The summed E-state index contributed by atoms with van der Waals surface area (Å²) in [6.45, 7) is 0.122. The Labute approximate surface area is 150 Å². The molecular formula is C19H17N3O4. The molecule has 26 heavy (non-hydrogen) atoms. The first-order valence-electron chi connectivity index (χ1n) is 7.89. The SMILES string of the molecule is COc1cc[nH]c1/C=C1\C(=O)Nc2cccc(C#CCCOC(N)=O)c21. The summed E-state index contributed by atoms with van der Waals surface area (Å²) in [5.41, 5.74) is 8.24. The van der Waals surface area contributed by atoms with E-state index in [0.717, 1.165) is 5.56 Å². The molecule has 0 saturated carbocycles. The number of H-pyrrole nitrogens is 1. The summed E-state index contributed by atoms with van der Waals surface area (Å²) >= 11 is 0. The van der Waals surface area contributed by atoms with Gasteiger partial charge in [-0.25, -0.2) is 4.79 Å². The third-order valence-electron chi connectivity index (χ3n) is 3.77. The number of hydrogen-bond donors (Lipinski definition) is 3. The number of aromatic amines is 1. The molecule has 132 valence electrons. The molecule has 7 heteroatoms. The zero-order valence-corrected chi connectivity index (χ0v) is 14.1. The molecule has 0 fully saturated rings. The maximum absolute atomic E-state index is 12.4. The van der Waals surface area contributed by atoms with Crippen LogP contribution >= 0.6 is 0 Å². The number of carbonyl (C=O) groups is 2. The van der Waals surface area contributed by atoms with Gasteiger partial charge in [-0.05, 0) is 24.3 Å². The van der Waals surface area contributed by atoms with Gasteiger partial charge in [0.25, 0.3) is 5.91 Å². The lowest BCUT2D eigenvalue weighted by atomic mass is 9.99. The van der Waals surface area contributed by atoms with Crippen LogP contribution in [0, 0.1) is 11.8 Å². The average Bonchev–Trinajstić information content (AvgIpc) is 3.19. The number of carbonyl (C=O) groups excluding carboxylic acids is 2. The van der Waals surface area contributed by atoms with E-state index in [9.17, 15) is 9.59 Å². The zero-order valence-electron chi connectivity index (χ0n) is 14.1. The lowest BCUT2D eigenvalue weighted by molar-refractivity contribution is -0.110. The van der Waals surface area contributed by atoms with Crippen molar-refractivity contribution in [3.05, 3.63) is 47.3 Å². The number of fused-ring (bicyclic) bond motifs is 1. The van der Waals surface area contributed by atoms with Crippen molar-refractivity contribution in [1.82, 2.24) is 4.98 Å². The van der Waals surface area contributed by atoms with Crippen molar-refractivity contribution >= 4 is 29.3 Å². The Morgan fingerprint density at radius 3 is 2.96 bits per heavy atom. The number of nitrogens with one attached hydrogen (secondary N) is 2. The van der Waals surface area contributed by atoms with E-state index >= 15 is 0 Å². The van der Waals surface area contributed by atoms with Crippen molar-refractivity contribution in [2.45, 2.75) is 6.42 Å². The minimum atomic E-state index is -0.827. The summed E-state index contributed by atoms with van der Waals surface area (Å²) in [6, 6.07) is 7.26. The van der Waals surface area contributed by atoms with E-state index in [1.165, 1.54) is 0 Å². The maximum Gasteiger partial charge on any atom is 0.404 e. The topological polar surface area (TPSA) is 106 Å². The van der Waals surface area contributed by atoms with Crippen LogP contribution < -0.4 is 15.8 Å². The molecule has 0 bridgehead atoms. The number of aromatic nitrogens is 1. The van der Waals surface area contributed by atoms with Gasteiger partial charge >= 0.3 is 6.09 Å². The molecule has 0 spiro atoms. The smallest absolute Gasteiger partial charge is 0.404 e. The van der Waals surface area contributed by atoms with Crippen LogP contribution in [-0.4, -0.2) is 30.7 Å². The number of amides is 2. The molecule has 1 aromatic heterocycles. The minimum Gasteiger partial charge on any atom is -0.495 e. The molecule has 0 radical (unpaired) electrons. The van der Waals surface area contributed by atoms with Crippen molar-refractivity contribution < 1.29 is 19.1 Å². The standard InChI is InChI=1S/C19H17N3O4/c1-25-16-8-9-21-15(16)11-13-17-12(5-2-3-10-26-19(20)24)6-4-7-14(17)22-18(13)23/h4,6-9,11,21H,3,10H2,1H3,(H2,20,24)(H,22,23)/b13-11-. The van der Waals surface area contributed by atoms with Gasteiger partial charge in [-0.1, -0.05) is 17.9 Å². The van der Waals surface area contributed by atoms with Gasteiger partial charge in [0.05, 0.1) is 24.1 Å². The molecule has 2 heterocycles. The van der Waals surface area contributed by atoms with Gasteiger partial charge < -0.3 is 25.5 Å². The number of nitrogens with two attached hydrogens (primary N) is 1. The summed E-state index contributed by atoms with van der Waals surface area (Å²) in [5, 5.41) is 2.84. The van der Waals surface area contributed by atoms with Crippen LogP contribution in [0.1, 0.15) is 23.2 Å². The molecule has 1 aromatic carbocycles. The second-order valence-electron chi connectivity index (χ2n) is 5.42. The number of primary amides is 1. The fraction of sp³-hybridized carbons (Fsp3) is 0.158. The van der Waals surface area contributed by atoms with Crippen molar-refractivity contribution in [1.29, 1.82) is 0 Å². The maximum atomic E-state index is 12.4. The zero-order chi connectivity index (χ0) is 18.5. The lowest BCUT2D eigenvalue weighted by Crippen LogP contribution is -2.13. The first kappa shape index (κ1) is 17.2. The van der Waals surface area contributed by atoms with E-state index in [4.69, 9.17) is 10.5 Å². The Balaban J connectivity index is 1.93. The predicted octanol–water partition coefficient (Wildman–Crippen LogP) is 2.35. The van der Waals surface area contributed by atoms with Crippen LogP contribution in [0.25, 0.3) is 11.6 Å². The Hall–Kier alpha value is -3.66. The molecule has 2 aromatic rings. The fourth-order valence-electron chi connectivity index (χ4n) is 2.66. The summed E-state index contributed by atoms with van der Waals surface area (Å²) in [7, 11) is 1.57. The van der Waals surface area contributed by atoms with E-state index in [-0.39, 0.29) is 12.5 Å². The quantitative estimate of drug-likeness (QED) is 0.446. The van der Waals surface area contributed by atoms with Crippen molar-refractivity contribution in [3.8, 4) is 17.6 Å². The van der Waals surface area contributed by atoms with E-state index in [1.807, 2.05) is 18.2 Å². The van der Waals surface area contributed by atoms with Gasteiger partial charge in [0, 0.05) is 23.7 Å². The monoisotopic (exact) mass is 351 g/mol. The Bertz CT molecular complexity index is 947. The largest absolute Gasteiger partial charge is 0.495 e. The molecule has 0 saturated heterocycles. The normalized spacial score (nSPS) is 13.6. The molecule has 1 aliphatic heterocycles. The molecule has 2 amide bonds. The first-order chi connectivity index (χ1) is 12.6. The van der Waals surface area contributed by atoms with Crippen LogP contribution in [0.3, 0.4) is 0 Å². The van der Waals surface area contributed by atoms with Crippen LogP contribution in [0.15, 0.2) is 30.5 Å². The summed E-state index contributed by atoms with van der Waals surface area (Å²) in [4.78, 5) is 26.0. The predicted molar refractivity (Wildman–Crippen MR) is 97.3 cm³/mol. The molecule has 7 nitrogen and oxygen atoms in total. The summed E-state index contributed by atoms with van der Waals surface area (Å²) in [5.74, 6) is 6.38. The Morgan fingerprint density at radius 2 is 2.19 bits per heavy atom. The minimum absolute atomic E-state index is 0.122. The fourth-order valence-corrected chi connectivity index (χ4v) is 2.66. The number of hydrogen-bond acceptors (Lipinski definition) is 4. The van der Waals surface area contributed by atoms with Gasteiger partial charge in [-0.15, -0.1) is 0 Å². The highest BCUT2D eigenvalue weighted by Gasteiger charge is 2.26.